The van der Waals surface area contributed by atoms with E-state index in [1.807, 2.05) is 6.07 Å². The van der Waals surface area contributed by atoms with E-state index in [1.165, 1.54) is 11.1 Å². The molecular formula is C15H18ClNS. The molecule has 1 atom stereocenters. The van der Waals surface area contributed by atoms with Crippen molar-refractivity contribution in [2.45, 2.75) is 32.7 Å². The maximum atomic E-state index is 5.96. The molecule has 0 bridgehead atoms. The molecule has 1 nitrogen and oxygen atoms in total. The predicted molar refractivity (Wildman–Crippen MR) is 81.9 cm³/mol. The van der Waals surface area contributed by atoms with Gasteiger partial charge in [0.2, 0.25) is 0 Å². The van der Waals surface area contributed by atoms with E-state index < -0.39 is 0 Å². The Bertz CT molecular complexity index is 519. The second kappa shape index (κ2) is 5.77. The first-order valence-corrected chi connectivity index (χ1v) is 7.42. The van der Waals surface area contributed by atoms with Crippen LogP contribution in [0.2, 0.25) is 4.34 Å². The fourth-order valence-corrected chi connectivity index (χ4v) is 2.86. The lowest BCUT2D eigenvalue weighted by molar-refractivity contribution is 0.860. The zero-order chi connectivity index (χ0) is 13.1. The summed E-state index contributed by atoms with van der Waals surface area (Å²) in [7, 11) is 0. The molecule has 1 heterocycles. The molecule has 1 unspecified atom stereocenters. The highest BCUT2D eigenvalue weighted by atomic mass is 35.5. The first kappa shape index (κ1) is 13.4. The Labute approximate surface area is 118 Å². The molecule has 1 aromatic carbocycles. The molecule has 0 saturated carbocycles. The minimum atomic E-state index is 0.274. The van der Waals surface area contributed by atoms with E-state index in [1.54, 1.807) is 11.3 Å². The molecule has 2 rings (SSSR count). The summed E-state index contributed by atoms with van der Waals surface area (Å²) in [4.78, 5) is 0. The smallest absolute Gasteiger partial charge is 0.0931 e. The highest BCUT2D eigenvalue weighted by Gasteiger charge is 2.08. The van der Waals surface area contributed by atoms with Crippen LogP contribution in [-0.2, 0) is 0 Å². The fourth-order valence-electron chi connectivity index (χ4n) is 1.87. The van der Waals surface area contributed by atoms with Crippen LogP contribution in [0.25, 0.3) is 0 Å². The SMILES string of the molecule is CC(C)c1cccc(NC(C)c2csc(Cl)c2)c1. The fraction of sp³-hybridized carbons (Fsp3) is 0.333. The highest BCUT2D eigenvalue weighted by molar-refractivity contribution is 7.14. The van der Waals surface area contributed by atoms with E-state index in [2.05, 4.69) is 55.7 Å². The Balaban J connectivity index is 2.11. The lowest BCUT2D eigenvalue weighted by Crippen LogP contribution is -2.05. The highest BCUT2D eigenvalue weighted by Crippen LogP contribution is 2.28. The third kappa shape index (κ3) is 3.27. The topological polar surface area (TPSA) is 12.0 Å². The Morgan fingerprint density at radius 3 is 2.50 bits per heavy atom. The van der Waals surface area contributed by atoms with Crippen molar-refractivity contribution in [1.82, 2.24) is 0 Å². The molecule has 0 amide bonds. The van der Waals surface area contributed by atoms with Gasteiger partial charge in [-0.15, -0.1) is 11.3 Å². The van der Waals surface area contributed by atoms with Crippen LogP contribution in [0.4, 0.5) is 5.69 Å². The largest absolute Gasteiger partial charge is 0.378 e. The van der Waals surface area contributed by atoms with Crippen molar-refractivity contribution < 1.29 is 0 Å². The van der Waals surface area contributed by atoms with Crippen molar-refractivity contribution in [3.05, 3.63) is 51.2 Å². The lowest BCUT2D eigenvalue weighted by Gasteiger charge is -2.15. The van der Waals surface area contributed by atoms with Gasteiger partial charge in [0.15, 0.2) is 0 Å². The summed E-state index contributed by atoms with van der Waals surface area (Å²) in [5, 5.41) is 5.62. The van der Waals surface area contributed by atoms with Gasteiger partial charge < -0.3 is 5.32 Å². The molecule has 1 aromatic heterocycles. The van der Waals surface area contributed by atoms with Crippen LogP contribution in [0.15, 0.2) is 35.7 Å². The number of benzene rings is 1. The molecule has 0 aliphatic rings. The van der Waals surface area contributed by atoms with Crippen LogP contribution < -0.4 is 5.32 Å². The Hall–Kier alpha value is -0.990. The third-order valence-corrected chi connectivity index (χ3v) is 4.13. The molecule has 0 spiro atoms. The predicted octanol–water partition coefficient (Wildman–Crippen LogP) is 5.70. The molecule has 2 aromatic rings. The van der Waals surface area contributed by atoms with Crippen LogP contribution in [0.1, 0.15) is 43.9 Å². The first-order valence-electron chi connectivity index (χ1n) is 6.16. The van der Waals surface area contributed by atoms with Gasteiger partial charge in [-0.05, 0) is 47.5 Å². The van der Waals surface area contributed by atoms with Crippen LogP contribution in [-0.4, -0.2) is 0 Å². The van der Waals surface area contributed by atoms with Crippen molar-refractivity contribution in [3.63, 3.8) is 0 Å². The first-order chi connectivity index (χ1) is 8.56. The number of hydrogen-bond acceptors (Lipinski definition) is 2. The second-order valence-electron chi connectivity index (χ2n) is 4.83. The molecule has 0 fully saturated rings. The molecule has 0 radical (unpaired) electrons. The molecule has 1 N–H and O–H groups in total. The summed E-state index contributed by atoms with van der Waals surface area (Å²) in [6.07, 6.45) is 0. The molecular weight excluding hydrogens is 262 g/mol. The van der Waals surface area contributed by atoms with Gasteiger partial charge in [-0.2, -0.15) is 0 Å². The number of halogens is 1. The van der Waals surface area contributed by atoms with E-state index in [4.69, 9.17) is 11.6 Å². The van der Waals surface area contributed by atoms with Gasteiger partial charge in [-0.25, -0.2) is 0 Å². The Morgan fingerprint density at radius 2 is 1.89 bits per heavy atom. The van der Waals surface area contributed by atoms with Gasteiger partial charge in [0.1, 0.15) is 0 Å². The second-order valence-corrected chi connectivity index (χ2v) is 6.37. The van der Waals surface area contributed by atoms with Gasteiger partial charge in [-0.1, -0.05) is 37.6 Å². The quantitative estimate of drug-likeness (QED) is 0.757. The summed E-state index contributed by atoms with van der Waals surface area (Å²) in [5.41, 5.74) is 3.76. The van der Waals surface area contributed by atoms with E-state index in [0.717, 1.165) is 10.0 Å². The molecule has 96 valence electrons. The number of hydrogen-bond donors (Lipinski definition) is 1. The van der Waals surface area contributed by atoms with Gasteiger partial charge in [-0.3, -0.25) is 0 Å². The standard InChI is InChI=1S/C15H18ClNS/c1-10(2)12-5-4-6-14(7-12)17-11(3)13-8-15(16)18-9-13/h4-11,17H,1-3H3. The van der Waals surface area contributed by atoms with Crippen molar-refractivity contribution in [2.24, 2.45) is 0 Å². The van der Waals surface area contributed by atoms with Crippen LogP contribution in [0.5, 0.6) is 0 Å². The number of anilines is 1. The van der Waals surface area contributed by atoms with E-state index in [-0.39, 0.29) is 6.04 Å². The van der Waals surface area contributed by atoms with Gasteiger partial charge in [0.25, 0.3) is 0 Å². The summed E-state index contributed by atoms with van der Waals surface area (Å²) in [5.74, 6) is 0.553. The van der Waals surface area contributed by atoms with Gasteiger partial charge >= 0.3 is 0 Å². The maximum absolute atomic E-state index is 5.96. The number of nitrogens with one attached hydrogen (secondary N) is 1. The zero-order valence-electron chi connectivity index (χ0n) is 10.9. The molecule has 0 aliphatic heterocycles. The molecule has 0 aliphatic carbocycles. The van der Waals surface area contributed by atoms with E-state index >= 15 is 0 Å². The van der Waals surface area contributed by atoms with Crippen LogP contribution >= 0.6 is 22.9 Å². The average Bonchev–Trinajstić information content (AvgIpc) is 2.76. The minimum Gasteiger partial charge on any atom is -0.378 e. The zero-order valence-corrected chi connectivity index (χ0v) is 12.5. The summed E-state index contributed by atoms with van der Waals surface area (Å²) < 4.78 is 0.842. The summed E-state index contributed by atoms with van der Waals surface area (Å²) in [6.45, 7) is 6.57. The van der Waals surface area contributed by atoms with Crippen molar-refractivity contribution in [2.75, 3.05) is 5.32 Å². The minimum absolute atomic E-state index is 0.274. The van der Waals surface area contributed by atoms with Crippen LogP contribution in [0, 0.1) is 0 Å². The van der Waals surface area contributed by atoms with Crippen molar-refractivity contribution in [1.29, 1.82) is 0 Å². The Morgan fingerprint density at radius 1 is 1.11 bits per heavy atom. The number of rotatable bonds is 4. The third-order valence-electron chi connectivity index (χ3n) is 3.02. The van der Waals surface area contributed by atoms with Gasteiger partial charge in [0.05, 0.1) is 4.34 Å². The van der Waals surface area contributed by atoms with Crippen molar-refractivity contribution >= 4 is 28.6 Å². The summed E-state index contributed by atoms with van der Waals surface area (Å²) in [6, 6.07) is 10.9. The average molecular weight is 280 g/mol. The summed E-state index contributed by atoms with van der Waals surface area (Å²) >= 11 is 7.54. The van der Waals surface area contributed by atoms with E-state index in [0.29, 0.717) is 5.92 Å². The van der Waals surface area contributed by atoms with Gasteiger partial charge in [0, 0.05) is 11.7 Å². The van der Waals surface area contributed by atoms with Crippen molar-refractivity contribution in [3.8, 4) is 0 Å². The Kier molecular flexibility index (Phi) is 4.31. The monoisotopic (exact) mass is 279 g/mol. The lowest BCUT2D eigenvalue weighted by atomic mass is 10.0. The van der Waals surface area contributed by atoms with Crippen LogP contribution in [0.3, 0.4) is 0 Å². The normalized spacial score (nSPS) is 12.7. The molecule has 3 heteroatoms. The molecule has 18 heavy (non-hydrogen) atoms. The van der Waals surface area contributed by atoms with E-state index in [9.17, 15) is 0 Å². The maximum Gasteiger partial charge on any atom is 0.0931 e. The number of thiophene rings is 1. The molecule has 0 saturated heterocycles.